The fourth-order valence-electron chi connectivity index (χ4n) is 3.67. The molecular formula is C21H29N3. The SMILES string of the molecule is C=C(N[C@H](C)C1CCCCC1)c1cc(C)n(Cc2ccccc2)n1. The second kappa shape index (κ2) is 7.69. The summed E-state index contributed by atoms with van der Waals surface area (Å²) in [6.45, 7) is 9.43. The Kier molecular flexibility index (Phi) is 5.39. The van der Waals surface area contributed by atoms with Crippen molar-refractivity contribution in [3.05, 3.63) is 59.9 Å². The van der Waals surface area contributed by atoms with Gasteiger partial charge in [0.25, 0.3) is 0 Å². The lowest BCUT2D eigenvalue weighted by Crippen LogP contribution is -2.33. The van der Waals surface area contributed by atoms with E-state index in [0.717, 1.165) is 23.9 Å². The molecule has 3 rings (SSSR count). The molecule has 3 heteroatoms. The van der Waals surface area contributed by atoms with Crippen molar-refractivity contribution in [3.8, 4) is 0 Å². The fourth-order valence-corrected chi connectivity index (χ4v) is 3.67. The van der Waals surface area contributed by atoms with E-state index in [0.29, 0.717) is 6.04 Å². The third kappa shape index (κ3) is 4.08. The van der Waals surface area contributed by atoms with Gasteiger partial charge in [0.05, 0.1) is 12.2 Å². The minimum absolute atomic E-state index is 0.470. The highest BCUT2D eigenvalue weighted by Gasteiger charge is 2.21. The number of nitrogens with one attached hydrogen (secondary N) is 1. The molecule has 0 saturated heterocycles. The number of hydrogen-bond donors (Lipinski definition) is 1. The first kappa shape index (κ1) is 16.8. The molecule has 0 bridgehead atoms. The Morgan fingerprint density at radius 1 is 1.25 bits per heavy atom. The van der Waals surface area contributed by atoms with E-state index >= 15 is 0 Å². The first-order valence-corrected chi connectivity index (χ1v) is 9.17. The molecule has 0 aliphatic heterocycles. The van der Waals surface area contributed by atoms with Gasteiger partial charge in [-0.15, -0.1) is 0 Å². The second-order valence-electron chi connectivity index (χ2n) is 7.12. The van der Waals surface area contributed by atoms with Crippen LogP contribution in [0.25, 0.3) is 5.70 Å². The van der Waals surface area contributed by atoms with Crippen LogP contribution in [-0.2, 0) is 6.54 Å². The van der Waals surface area contributed by atoms with Crippen molar-refractivity contribution in [2.24, 2.45) is 5.92 Å². The number of rotatable bonds is 6. The van der Waals surface area contributed by atoms with Crippen molar-refractivity contribution >= 4 is 5.70 Å². The molecule has 1 aliphatic carbocycles. The monoisotopic (exact) mass is 323 g/mol. The molecule has 1 saturated carbocycles. The van der Waals surface area contributed by atoms with Gasteiger partial charge in [0.1, 0.15) is 5.69 Å². The molecule has 1 atom stereocenters. The summed E-state index contributed by atoms with van der Waals surface area (Å²) in [4.78, 5) is 0. The first-order chi connectivity index (χ1) is 11.6. The molecule has 1 aliphatic rings. The number of aromatic nitrogens is 2. The lowest BCUT2D eigenvalue weighted by atomic mass is 9.84. The van der Waals surface area contributed by atoms with Crippen molar-refractivity contribution in [2.45, 2.75) is 58.5 Å². The minimum atomic E-state index is 0.470. The standard InChI is InChI=1S/C21H29N3/c1-16-14-21(23-24(16)15-19-10-6-4-7-11-19)18(3)22-17(2)20-12-8-5-9-13-20/h4,6-7,10-11,14,17,20,22H,3,5,8-9,12-13,15H2,1-2H3/t17-/m1/s1. The van der Waals surface area contributed by atoms with E-state index in [2.05, 4.69) is 60.8 Å². The maximum atomic E-state index is 4.76. The predicted octanol–water partition coefficient (Wildman–Crippen LogP) is 4.77. The molecule has 128 valence electrons. The Balaban J connectivity index is 1.64. The summed E-state index contributed by atoms with van der Waals surface area (Å²) in [7, 11) is 0. The van der Waals surface area contributed by atoms with Crippen molar-refractivity contribution in [1.29, 1.82) is 0 Å². The smallest absolute Gasteiger partial charge is 0.108 e. The zero-order valence-corrected chi connectivity index (χ0v) is 15.0. The summed E-state index contributed by atoms with van der Waals surface area (Å²) in [6, 6.07) is 13.1. The van der Waals surface area contributed by atoms with Crippen LogP contribution in [0.15, 0.2) is 43.0 Å². The average Bonchev–Trinajstić information content (AvgIpc) is 2.97. The molecule has 1 N–H and O–H groups in total. The van der Waals surface area contributed by atoms with E-state index in [1.807, 2.05) is 6.07 Å². The van der Waals surface area contributed by atoms with Crippen molar-refractivity contribution in [2.75, 3.05) is 0 Å². The van der Waals surface area contributed by atoms with Crippen molar-refractivity contribution in [1.82, 2.24) is 15.1 Å². The van der Waals surface area contributed by atoms with Crippen LogP contribution in [0.1, 0.15) is 56.0 Å². The van der Waals surface area contributed by atoms with E-state index in [4.69, 9.17) is 5.10 Å². The number of aryl methyl sites for hydroxylation is 1. The fraction of sp³-hybridized carbons (Fsp3) is 0.476. The van der Waals surface area contributed by atoms with Gasteiger partial charge in [0.2, 0.25) is 0 Å². The van der Waals surface area contributed by atoms with Crippen LogP contribution in [0, 0.1) is 12.8 Å². The zero-order valence-electron chi connectivity index (χ0n) is 15.0. The van der Waals surface area contributed by atoms with Gasteiger partial charge in [-0.1, -0.05) is 56.2 Å². The quantitative estimate of drug-likeness (QED) is 0.830. The summed E-state index contributed by atoms with van der Waals surface area (Å²) in [5, 5.41) is 8.36. The van der Waals surface area contributed by atoms with Crippen molar-refractivity contribution in [3.63, 3.8) is 0 Å². The van der Waals surface area contributed by atoms with E-state index in [9.17, 15) is 0 Å². The van der Waals surface area contributed by atoms with Crippen LogP contribution in [-0.4, -0.2) is 15.8 Å². The summed E-state index contributed by atoms with van der Waals surface area (Å²) >= 11 is 0. The number of benzene rings is 1. The molecule has 0 unspecified atom stereocenters. The van der Waals surface area contributed by atoms with E-state index in [-0.39, 0.29) is 0 Å². The highest BCUT2D eigenvalue weighted by Crippen LogP contribution is 2.27. The zero-order chi connectivity index (χ0) is 16.9. The van der Waals surface area contributed by atoms with Gasteiger partial charge in [0.15, 0.2) is 0 Å². The lowest BCUT2D eigenvalue weighted by molar-refractivity contribution is 0.299. The van der Waals surface area contributed by atoms with Gasteiger partial charge in [-0.3, -0.25) is 4.68 Å². The van der Waals surface area contributed by atoms with Crippen LogP contribution >= 0.6 is 0 Å². The third-order valence-corrected chi connectivity index (χ3v) is 5.22. The maximum absolute atomic E-state index is 4.76. The van der Waals surface area contributed by atoms with Gasteiger partial charge < -0.3 is 5.32 Å². The van der Waals surface area contributed by atoms with E-state index < -0.39 is 0 Å². The van der Waals surface area contributed by atoms with Gasteiger partial charge in [0, 0.05) is 11.7 Å². The largest absolute Gasteiger partial charge is 0.381 e. The number of nitrogens with zero attached hydrogens (tertiary/aromatic N) is 2. The number of hydrogen-bond acceptors (Lipinski definition) is 2. The summed E-state index contributed by atoms with van der Waals surface area (Å²) in [5.41, 5.74) is 4.35. The molecule has 1 heterocycles. The van der Waals surface area contributed by atoms with E-state index in [1.165, 1.54) is 43.4 Å². The van der Waals surface area contributed by atoms with Crippen LogP contribution in [0.3, 0.4) is 0 Å². The Bertz CT molecular complexity index is 666. The van der Waals surface area contributed by atoms with Crippen molar-refractivity contribution < 1.29 is 0 Å². The third-order valence-electron chi connectivity index (χ3n) is 5.22. The Labute approximate surface area is 145 Å². The molecule has 1 aromatic carbocycles. The first-order valence-electron chi connectivity index (χ1n) is 9.17. The average molecular weight is 323 g/mol. The van der Waals surface area contributed by atoms with Crippen LogP contribution in [0.4, 0.5) is 0 Å². The lowest BCUT2D eigenvalue weighted by Gasteiger charge is -2.29. The van der Waals surface area contributed by atoms with Crippen LogP contribution in [0.2, 0.25) is 0 Å². The maximum Gasteiger partial charge on any atom is 0.108 e. The molecule has 1 fully saturated rings. The molecular weight excluding hydrogens is 294 g/mol. The highest BCUT2D eigenvalue weighted by molar-refractivity contribution is 5.58. The highest BCUT2D eigenvalue weighted by atomic mass is 15.3. The normalized spacial score (nSPS) is 16.8. The van der Waals surface area contributed by atoms with Crippen LogP contribution < -0.4 is 5.32 Å². The van der Waals surface area contributed by atoms with Gasteiger partial charge in [-0.2, -0.15) is 5.10 Å². The molecule has 2 aromatic rings. The summed E-state index contributed by atoms with van der Waals surface area (Å²) < 4.78 is 2.06. The van der Waals surface area contributed by atoms with Gasteiger partial charge >= 0.3 is 0 Å². The topological polar surface area (TPSA) is 29.9 Å². The Morgan fingerprint density at radius 2 is 1.96 bits per heavy atom. The molecule has 1 aromatic heterocycles. The molecule has 0 amide bonds. The predicted molar refractivity (Wildman–Crippen MR) is 101 cm³/mol. The van der Waals surface area contributed by atoms with Crippen LogP contribution in [0.5, 0.6) is 0 Å². The van der Waals surface area contributed by atoms with Gasteiger partial charge in [-0.05, 0) is 44.2 Å². The minimum Gasteiger partial charge on any atom is -0.381 e. The summed E-state index contributed by atoms with van der Waals surface area (Å²) in [6.07, 6.45) is 6.81. The summed E-state index contributed by atoms with van der Waals surface area (Å²) in [5.74, 6) is 0.767. The molecule has 0 spiro atoms. The molecule has 24 heavy (non-hydrogen) atoms. The second-order valence-corrected chi connectivity index (χ2v) is 7.12. The Hall–Kier alpha value is -2.03. The molecule has 3 nitrogen and oxygen atoms in total. The Morgan fingerprint density at radius 3 is 2.67 bits per heavy atom. The van der Waals surface area contributed by atoms with Gasteiger partial charge in [-0.25, -0.2) is 0 Å². The van der Waals surface area contributed by atoms with E-state index in [1.54, 1.807) is 0 Å². The molecule has 0 radical (unpaired) electrons.